The van der Waals surface area contributed by atoms with Crippen LogP contribution in [0.3, 0.4) is 0 Å². The van der Waals surface area contributed by atoms with Crippen LogP contribution < -0.4 is 5.73 Å². The average Bonchev–Trinajstić information content (AvgIpc) is 2.29. The maximum absolute atomic E-state index is 12.8. The number of anilines is 1. The van der Waals surface area contributed by atoms with E-state index in [1.54, 1.807) is 13.0 Å². The second kappa shape index (κ2) is 6.33. The van der Waals surface area contributed by atoms with E-state index in [0.29, 0.717) is 12.2 Å². The van der Waals surface area contributed by atoms with Gasteiger partial charge in [0.1, 0.15) is 4.90 Å². The first kappa shape index (κ1) is 17.3. The Morgan fingerprint density at radius 1 is 1.25 bits per heavy atom. The third-order valence-corrected chi connectivity index (χ3v) is 5.53. The first-order valence-corrected chi connectivity index (χ1v) is 8.46. The summed E-state index contributed by atoms with van der Waals surface area (Å²) in [7, 11) is -3.64. The molecule has 0 fully saturated rings. The quantitative estimate of drug-likeness (QED) is 0.847. The first-order chi connectivity index (χ1) is 9.07. The van der Waals surface area contributed by atoms with E-state index >= 15 is 0 Å². The molecule has 0 aromatic heterocycles. The minimum Gasteiger partial charge on any atom is -0.398 e. The van der Waals surface area contributed by atoms with Crippen LogP contribution in [0.15, 0.2) is 17.0 Å². The van der Waals surface area contributed by atoms with Crippen molar-refractivity contribution in [3.63, 3.8) is 0 Å². The van der Waals surface area contributed by atoms with Crippen molar-refractivity contribution in [3.05, 3.63) is 22.7 Å². The predicted octanol–water partition coefficient (Wildman–Crippen LogP) is 3.29. The summed E-state index contributed by atoms with van der Waals surface area (Å²) in [4.78, 5) is 0.0802. The van der Waals surface area contributed by atoms with E-state index in [4.69, 9.17) is 17.3 Å². The topological polar surface area (TPSA) is 63.4 Å². The standard InChI is InChI=1S/C14H23ClN2O2S/c1-9(2)8-17(10(3)4)20(18,19)14-7-13(16)11(5)6-12(14)15/h6-7,9-10H,8,16H2,1-5H3. The summed E-state index contributed by atoms with van der Waals surface area (Å²) in [5, 5.41) is 0.214. The minimum absolute atomic E-state index is 0.0802. The molecule has 4 nitrogen and oxygen atoms in total. The number of aryl methyl sites for hydroxylation is 1. The zero-order chi connectivity index (χ0) is 15.7. The molecule has 6 heteroatoms. The van der Waals surface area contributed by atoms with Gasteiger partial charge >= 0.3 is 0 Å². The summed E-state index contributed by atoms with van der Waals surface area (Å²) >= 11 is 6.11. The number of sulfonamides is 1. The molecule has 1 aromatic rings. The second-order valence-electron chi connectivity index (χ2n) is 5.70. The van der Waals surface area contributed by atoms with E-state index < -0.39 is 10.0 Å². The highest BCUT2D eigenvalue weighted by Crippen LogP contribution is 2.30. The van der Waals surface area contributed by atoms with E-state index in [1.807, 2.05) is 27.7 Å². The van der Waals surface area contributed by atoms with Gasteiger partial charge < -0.3 is 5.73 Å². The molecule has 1 rings (SSSR count). The van der Waals surface area contributed by atoms with Gasteiger partial charge in [-0.05, 0) is 44.4 Å². The largest absolute Gasteiger partial charge is 0.398 e. The molecular weight excluding hydrogens is 296 g/mol. The van der Waals surface area contributed by atoms with Crippen LogP contribution in [0.5, 0.6) is 0 Å². The molecule has 114 valence electrons. The fraction of sp³-hybridized carbons (Fsp3) is 0.571. The smallest absolute Gasteiger partial charge is 0.244 e. The Kier molecular flexibility index (Phi) is 5.46. The van der Waals surface area contributed by atoms with Gasteiger partial charge in [0.15, 0.2) is 0 Å². The highest BCUT2D eigenvalue weighted by Gasteiger charge is 2.29. The summed E-state index contributed by atoms with van der Waals surface area (Å²) in [5.74, 6) is 0.230. The van der Waals surface area contributed by atoms with Crippen molar-refractivity contribution in [2.75, 3.05) is 12.3 Å². The third kappa shape index (κ3) is 3.65. The Bertz CT molecular complexity index is 583. The van der Waals surface area contributed by atoms with E-state index in [1.165, 1.54) is 10.4 Å². The van der Waals surface area contributed by atoms with E-state index in [2.05, 4.69) is 0 Å². The number of hydrogen-bond donors (Lipinski definition) is 1. The summed E-state index contributed by atoms with van der Waals surface area (Å²) in [6.45, 7) is 9.92. The molecule has 2 N–H and O–H groups in total. The van der Waals surface area contributed by atoms with Crippen molar-refractivity contribution >= 4 is 27.3 Å². The fourth-order valence-corrected chi connectivity index (χ4v) is 4.33. The summed E-state index contributed by atoms with van der Waals surface area (Å²) < 4.78 is 27.0. The van der Waals surface area contributed by atoms with Gasteiger partial charge in [-0.15, -0.1) is 0 Å². The van der Waals surface area contributed by atoms with Crippen LogP contribution in [-0.2, 0) is 10.0 Å². The van der Waals surface area contributed by atoms with Crippen LogP contribution in [0, 0.1) is 12.8 Å². The zero-order valence-electron chi connectivity index (χ0n) is 12.6. The van der Waals surface area contributed by atoms with Crippen molar-refractivity contribution in [2.24, 2.45) is 5.92 Å². The lowest BCUT2D eigenvalue weighted by molar-refractivity contribution is 0.319. The lowest BCUT2D eigenvalue weighted by atomic mass is 10.2. The van der Waals surface area contributed by atoms with Crippen molar-refractivity contribution in [2.45, 2.75) is 45.6 Å². The Morgan fingerprint density at radius 2 is 1.80 bits per heavy atom. The van der Waals surface area contributed by atoms with Gasteiger partial charge in [0.25, 0.3) is 0 Å². The molecule has 0 saturated carbocycles. The fourth-order valence-electron chi connectivity index (χ4n) is 1.94. The molecule has 0 bridgehead atoms. The average molecular weight is 319 g/mol. The predicted molar refractivity (Wildman–Crippen MR) is 84.5 cm³/mol. The summed E-state index contributed by atoms with van der Waals surface area (Å²) in [6.07, 6.45) is 0. The van der Waals surface area contributed by atoms with E-state index in [-0.39, 0.29) is 21.9 Å². The van der Waals surface area contributed by atoms with Gasteiger partial charge in [-0.1, -0.05) is 25.4 Å². The van der Waals surface area contributed by atoms with Crippen LogP contribution >= 0.6 is 11.6 Å². The Hall–Kier alpha value is -0.780. The van der Waals surface area contributed by atoms with Crippen LogP contribution in [0.4, 0.5) is 5.69 Å². The second-order valence-corrected chi connectivity index (χ2v) is 7.97. The maximum Gasteiger partial charge on any atom is 0.244 e. The molecule has 0 unspecified atom stereocenters. The van der Waals surface area contributed by atoms with Crippen LogP contribution in [0.1, 0.15) is 33.3 Å². The molecular formula is C14H23ClN2O2S. The van der Waals surface area contributed by atoms with Gasteiger partial charge in [-0.3, -0.25) is 0 Å². The number of hydrogen-bond acceptors (Lipinski definition) is 3. The molecule has 1 aromatic carbocycles. The Balaban J connectivity index is 3.37. The molecule has 0 aliphatic rings. The minimum atomic E-state index is -3.64. The highest BCUT2D eigenvalue weighted by atomic mass is 35.5. The van der Waals surface area contributed by atoms with Gasteiger partial charge in [0.05, 0.1) is 5.02 Å². The summed E-state index contributed by atoms with van der Waals surface area (Å²) in [5.41, 5.74) is 7.03. The monoisotopic (exact) mass is 318 g/mol. The van der Waals surface area contributed by atoms with Crippen molar-refractivity contribution in [1.82, 2.24) is 4.31 Å². The van der Waals surface area contributed by atoms with Crippen LogP contribution in [-0.4, -0.2) is 25.3 Å². The van der Waals surface area contributed by atoms with Gasteiger partial charge in [0, 0.05) is 18.3 Å². The van der Waals surface area contributed by atoms with Crippen LogP contribution in [0.2, 0.25) is 5.02 Å². The number of benzene rings is 1. The number of nitrogens with zero attached hydrogens (tertiary/aromatic N) is 1. The van der Waals surface area contributed by atoms with Crippen molar-refractivity contribution < 1.29 is 8.42 Å². The normalized spacial score (nSPS) is 12.7. The number of nitrogens with two attached hydrogens (primary N) is 1. The number of rotatable bonds is 5. The molecule has 0 saturated heterocycles. The molecule has 0 atom stereocenters. The van der Waals surface area contributed by atoms with E-state index in [9.17, 15) is 8.42 Å². The van der Waals surface area contributed by atoms with Gasteiger partial charge in [0.2, 0.25) is 10.0 Å². The van der Waals surface area contributed by atoms with Crippen molar-refractivity contribution in [3.8, 4) is 0 Å². The Labute approximate surface area is 127 Å². The lowest BCUT2D eigenvalue weighted by Gasteiger charge is -2.28. The molecule has 0 aliphatic carbocycles. The molecule has 20 heavy (non-hydrogen) atoms. The first-order valence-electron chi connectivity index (χ1n) is 6.64. The molecule has 0 amide bonds. The molecule has 0 heterocycles. The molecule has 0 radical (unpaired) electrons. The number of halogens is 1. The van der Waals surface area contributed by atoms with Crippen molar-refractivity contribution in [1.29, 1.82) is 0 Å². The molecule has 0 aliphatic heterocycles. The Morgan fingerprint density at radius 3 is 2.25 bits per heavy atom. The zero-order valence-corrected chi connectivity index (χ0v) is 14.2. The van der Waals surface area contributed by atoms with Crippen LogP contribution in [0.25, 0.3) is 0 Å². The molecule has 0 spiro atoms. The van der Waals surface area contributed by atoms with Gasteiger partial charge in [-0.2, -0.15) is 4.31 Å². The van der Waals surface area contributed by atoms with Gasteiger partial charge in [-0.25, -0.2) is 8.42 Å². The lowest BCUT2D eigenvalue weighted by Crippen LogP contribution is -2.39. The number of nitrogen functional groups attached to an aromatic ring is 1. The maximum atomic E-state index is 12.8. The summed E-state index contributed by atoms with van der Waals surface area (Å²) in [6, 6.07) is 2.90. The van der Waals surface area contributed by atoms with E-state index in [0.717, 1.165) is 5.56 Å². The third-order valence-electron chi connectivity index (χ3n) is 3.03. The highest BCUT2D eigenvalue weighted by molar-refractivity contribution is 7.89. The SMILES string of the molecule is Cc1cc(Cl)c(S(=O)(=O)N(CC(C)C)C(C)C)cc1N.